The zero-order chi connectivity index (χ0) is 19.5. The highest BCUT2D eigenvalue weighted by atomic mass is 35.5. The molecule has 140 valence electrons. The number of hydrogen-bond acceptors (Lipinski definition) is 8. The van der Waals surface area contributed by atoms with Gasteiger partial charge in [-0.2, -0.15) is 0 Å². The van der Waals surface area contributed by atoms with Crippen LogP contribution in [0.25, 0.3) is 10.2 Å². The summed E-state index contributed by atoms with van der Waals surface area (Å²) in [7, 11) is 0. The van der Waals surface area contributed by atoms with Gasteiger partial charge in [-0.25, -0.2) is 15.0 Å². The molecule has 0 saturated carbocycles. The van der Waals surface area contributed by atoms with Crippen LogP contribution in [0.5, 0.6) is 0 Å². The predicted molar refractivity (Wildman–Crippen MR) is 112 cm³/mol. The van der Waals surface area contributed by atoms with Crippen molar-refractivity contribution in [3.05, 3.63) is 65.4 Å². The molecule has 10 heteroatoms. The van der Waals surface area contributed by atoms with Crippen LogP contribution in [0.15, 0.2) is 54.9 Å². The molecule has 4 rings (SSSR count). The van der Waals surface area contributed by atoms with E-state index < -0.39 is 5.91 Å². The van der Waals surface area contributed by atoms with Gasteiger partial charge in [-0.15, -0.1) is 0 Å². The maximum Gasteiger partial charge on any atom is 0.271 e. The number of nitrogens with zero attached hydrogens (tertiary/aromatic N) is 3. The van der Waals surface area contributed by atoms with Gasteiger partial charge in [-0.1, -0.05) is 47.2 Å². The minimum absolute atomic E-state index is 0.237. The summed E-state index contributed by atoms with van der Waals surface area (Å²) in [5.74, 6) is 0.215. The number of para-hydroxylation sites is 1. The van der Waals surface area contributed by atoms with Crippen LogP contribution in [-0.4, -0.2) is 20.9 Å². The Bertz CT molecular complexity index is 1130. The number of carbonyl (C=O) groups excluding carboxylic acids is 1. The molecule has 0 spiro atoms. The topological polar surface area (TPSA) is 118 Å². The van der Waals surface area contributed by atoms with Crippen molar-refractivity contribution in [1.29, 1.82) is 0 Å². The molecule has 2 aromatic carbocycles. The Morgan fingerprint density at radius 2 is 1.79 bits per heavy atom. The van der Waals surface area contributed by atoms with Crippen LogP contribution in [-0.2, 0) is 0 Å². The van der Waals surface area contributed by atoms with E-state index in [1.54, 1.807) is 24.3 Å². The summed E-state index contributed by atoms with van der Waals surface area (Å²) >= 11 is 7.51. The van der Waals surface area contributed by atoms with E-state index in [-0.39, 0.29) is 11.5 Å². The third-order valence-corrected chi connectivity index (χ3v) is 5.10. The minimum atomic E-state index is -0.413. The summed E-state index contributed by atoms with van der Waals surface area (Å²) < 4.78 is 1.04. The Morgan fingerprint density at radius 1 is 1.04 bits per heavy atom. The van der Waals surface area contributed by atoms with Gasteiger partial charge in [-0.3, -0.25) is 15.6 Å². The summed E-state index contributed by atoms with van der Waals surface area (Å²) in [6.45, 7) is 0. The van der Waals surface area contributed by atoms with Gasteiger partial charge >= 0.3 is 0 Å². The molecular weight excluding hydrogens is 398 g/mol. The number of nitrogen functional groups attached to an aromatic ring is 1. The number of hydrazine groups is 1. The van der Waals surface area contributed by atoms with E-state index in [4.69, 9.17) is 17.3 Å². The average molecular weight is 412 g/mol. The highest BCUT2D eigenvalue weighted by Crippen LogP contribution is 2.30. The molecule has 0 unspecified atom stereocenters. The van der Waals surface area contributed by atoms with Gasteiger partial charge in [0.1, 0.15) is 12.0 Å². The number of hydrogen-bond donors (Lipinski definition) is 4. The first kappa shape index (κ1) is 18.0. The van der Waals surface area contributed by atoms with Crippen molar-refractivity contribution in [2.75, 3.05) is 16.5 Å². The summed E-state index contributed by atoms with van der Waals surface area (Å²) in [6, 6.07) is 14.5. The molecule has 2 heterocycles. The summed E-state index contributed by atoms with van der Waals surface area (Å²) in [4.78, 5) is 25.0. The predicted octanol–water partition coefficient (Wildman–Crippen LogP) is 3.82. The van der Waals surface area contributed by atoms with Gasteiger partial charge < -0.3 is 11.1 Å². The quantitative estimate of drug-likeness (QED) is 0.368. The molecule has 0 aliphatic heterocycles. The molecule has 0 bridgehead atoms. The molecule has 0 saturated heterocycles. The van der Waals surface area contributed by atoms with Crippen LogP contribution in [0.3, 0.4) is 0 Å². The number of fused-ring (bicyclic) bond motifs is 1. The fourth-order valence-electron chi connectivity index (χ4n) is 2.45. The zero-order valence-corrected chi connectivity index (χ0v) is 15.9. The monoisotopic (exact) mass is 411 g/mol. The highest BCUT2D eigenvalue weighted by molar-refractivity contribution is 7.22. The molecule has 0 atom stereocenters. The SMILES string of the molecule is Nc1c(NNC(=O)c2ccccc2Cl)ncnc1Nc1nc2ccccc2s1. The van der Waals surface area contributed by atoms with Crippen molar-refractivity contribution in [1.82, 2.24) is 20.4 Å². The number of nitrogens with one attached hydrogen (secondary N) is 3. The number of halogens is 1. The summed E-state index contributed by atoms with van der Waals surface area (Å²) in [5, 5.41) is 4.08. The van der Waals surface area contributed by atoms with Gasteiger partial charge in [0.05, 0.1) is 20.8 Å². The maximum atomic E-state index is 12.3. The summed E-state index contributed by atoms with van der Waals surface area (Å²) in [6.07, 6.45) is 1.33. The second kappa shape index (κ2) is 7.67. The molecule has 0 fully saturated rings. The van der Waals surface area contributed by atoms with Gasteiger partial charge in [-0.05, 0) is 24.3 Å². The number of thiazole rings is 1. The first-order valence-corrected chi connectivity index (χ1v) is 9.35. The second-order valence-corrected chi connectivity index (χ2v) is 7.09. The third kappa shape index (κ3) is 3.66. The number of amides is 1. The molecule has 4 aromatic rings. The van der Waals surface area contributed by atoms with E-state index in [0.29, 0.717) is 21.5 Å². The molecule has 0 radical (unpaired) electrons. The van der Waals surface area contributed by atoms with E-state index in [1.165, 1.54) is 17.7 Å². The molecule has 0 aliphatic carbocycles. The number of carbonyl (C=O) groups is 1. The van der Waals surface area contributed by atoms with E-state index >= 15 is 0 Å². The van der Waals surface area contributed by atoms with E-state index in [0.717, 1.165) is 10.2 Å². The van der Waals surface area contributed by atoms with Gasteiger partial charge in [0.15, 0.2) is 16.8 Å². The molecule has 2 aromatic heterocycles. The Hall–Kier alpha value is -3.43. The second-order valence-electron chi connectivity index (χ2n) is 5.66. The zero-order valence-electron chi connectivity index (χ0n) is 14.3. The lowest BCUT2D eigenvalue weighted by Crippen LogP contribution is -2.30. The molecule has 8 nitrogen and oxygen atoms in total. The molecular formula is C18H14ClN7OS. The lowest BCUT2D eigenvalue weighted by atomic mass is 10.2. The number of nitrogens with two attached hydrogens (primary N) is 1. The Morgan fingerprint density at radius 3 is 2.61 bits per heavy atom. The van der Waals surface area contributed by atoms with Crippen LogP contribution >= 0.6 is 22.9 Å². The van der Waals surface area contributed by atoms with Crippen molar-refractivity contribution in [3.8, 4) is 0 Å². The van der Waals surface area contributed by atoms with Crippen molar-refractivity contribution in [3.63, 3.8) is 0 Å². The number of anilines is 4. The van der Waals surface area contributed by atoms with E-state index in [1.807, 2.05) is 24.3 Å². The van der Waals surface area contributed by atoms with Gasteiger partial charge in [0.25, 0.3) is 5.91 Å². The lowest BCUT2D eigenvalue weighted by molar-refractivity contribution is 0.0962. The van der Waals surface area contributed by atoms with Crippen LogP contribution in [0, 0.1) is 0 Å². The Kier molecular flexibility index (Phi) is 4.92. The fraction of sp³-hybridized carbons (Fsp3) is 0. The van der Waals surface area contributed by atoms with Crippen LogP contribution in [0.4, 0.5) is 22.5 Å². The highest BCUT2D eigenvalue weighted by Gasteiger charge is 2.13. The van der Waals surface area contributed by atoms with E-state index in [9.17, 15) is 4.79 Å². The Balaban J connectivity index is 1.50. The molecule has 28 heavy (non-hydrogen) atoms. The summed E-state index contributed by atoms with van der Waals surface area (Å²) in [5.41, 5.74) is 12.8. The van der Waals surface area contributed by atoms with Crippen LogP contribution in [0.2, 0.25) is 5.02 Å². The molecule has 1 amide bonds. The van der Waals surface area contributed by atoms with Crippen molar-refractivity contribution < 1.29 is 4.79 Å². The van der Waals surface area contributed by atoms with Gasteiger partial charge in [0, 0.05) is 0 Å². The van der Waals surface area contributed by atoms with Gasteiger partial charge in [0.2, 0.25) is 0 Å². The first-order chi connectivity index (χ1) is 13.6. The number of aromatic nitrogens is 3. The van der Waals surface area contributed by atoms with Crippen molar-refractivity contribution in [2.24, 2.45) is 0 Å². The number of rotatable bonds is 5. The standard InChI is InChI=1S/C18H14ClN7OS/c19-11-6-2-1-5-10(11)17(27)26-25-16-14(20)15(21-9-22-16)24-18-23-12-7-3-4-8-13(12)28-18/h1-9H,20H2,(H,26,27)(H2,21,22,23,24,25). The lowest BCUT2D eigenvalue weighted by Gasteiger charge is -2.12. The van der Waals surface area contributed by atoms with Crippen molar-refractivity contribution in [2.45, 2.75) is 0 Å². The molecule has 0 aliphatic rings. The van der Waals surface area contributed by atoms with Crippen LogP contribution in [0.1, 0.15) is 10.4 Å². The number of benzene rings is 2. The molecule has 5 N–H and O–H groups in total. The normalized spacial score (nSPS) is 10.6. The third-order valence-electron chi connectivity index (χ3n) is 3.82. The average Bonchev–Trinajstić information content (AvgIpc) is 3.11. The first-order valence-electron chi connectivity index (χ1n) is 8.16. The maximum absolute atomic E-state index is 12.3. The van der Waals surface area contributed by atoms with Crippen molar-refractivity contribution >= 4 is 61.5 Å². The Labute approximate surface area is 168 Å². The largest absolute Gasteiger partial charge is 0.393 e. The minimum Gasteiger partial charge on any atom is -0.393 e. The van der Waals surface area contributed by atoms with E-state index in [2.05, 4.69) is 31.1 Å². The van der Waals surface area contributed by atoms with Crippen LogP contribution < -0.4 is 21.9 Å². The fourth-order valence-corrected chi connectivity index (χ4v) is 3.54. The smallest absolute Gasteiger partial charge is 0.271 e.